The maximum atomic E-state index is 12.6. The van der Waals surface area contributed by atoms with Gasteiger partial charge in [-0.1, -0.05) is 48.5 Å². The summed E-state index contributed by atoms with van der Waals surface area (Å²) in [6, 6.07) is 23.3. The Hall–Kier alpha value is -3.97. The van der Waals surface area contributed by atoms with Gasteiger partial charge in [0, 0.05) is 23.2 Å². The van der Waals surface area contributed by atoms with Gasteiger partial charge in [0.25, 0.3) is 17.7 Å². The third-order valence-electron chi connectivity index (χ3n) is 4.46. The van der Waals surface area contributed by atoms with Gasteiger partial charge in [-0.3, -0.25) is 19.6 Å². The van der Waals surface area contributed by atoms with Gasteiger partial charge in [-0.2, -0.15) is 0 Å². The van der Waals surface area contributed by atoms with Crippen LogP contribution < -0.4 is 16.1 Å². The molecule has 0 spiro atoms. The van der Waals surface area contributed by atoms with E-state index in [2.05, 4.69) is 10.6 Å². The summed E-state index contributed by atoms with van der Waals surface area (Å²) in [5, 5.41) is 14.4. The second kappa shape index (κ2) is 9.99. The molecular weight excluding hydrogens is 382 g/mol. The number of benzene rings is 3. The Morgan fingerprint density at radius 1 is 0.733 bits per heavy atom. The molecule has 3 aromatic rings. The number of carbonyl (C=O) groups is 3. The third kappa shape index (κ3) is 5.52. The second-order valence-electron chi connectivity index (χ2n) is 6.59. The lowest BCUT2D eigenvalue weighted by atomic mass is 10.0. The van der Waals surface area contributed by atoms with Crippen LogP contribution >= 0.6 is 0 Å². The highest BCUT2D eigenvalue weighted by atomic mass is 16.5. The maximum absolute atomic E-state index is 12.6. The summed E-state index contributed by atoms with van der Waals surface area (Å²) in [5.41, 5.74) is 3.77. The molecule has 3 rings (SSSR count). The molecule has 4 N–H and O–H groups in total. The molecule has 0 saturated carbocycles. The van der Waals surface area contributed by atoms with Crippen molar-refractivity contribution in [3.05, 3.63) is 102 Å². The molecule has 1 atom stereocenters. The summed E-state index contributed by atoms with van der Waals surface area (Å²) in [6.07, 6.45) is 0.219. The smallest absolute Gasteiger partial charge is 0.266 e. The first-order chi connectivity index (χ1) is 14.6. The van der Waals surface area contributed by atoms with Gasteiger partial charge in [0.2, 0.25) is 0 Å². The standard InChI is InChI=1S/C23H21N3O4/c27-21(24-19-9-5-2-6-10-19)17-11-13-18(14-12-17)22(28)25-20(23(29)26-30)15-16-7-3-1-4-8-16/h1-14,20,30H,15H2,(H,24,27)(H,25,28)(H,26,29)/t20-/m0/s1. The van der Waals surface area contributed by atoms with Crippen molar-refractivity contribution in [1.82, 2.24) is 10.8 Å². The van der Waals surface area contributed by atoms with Crippen LogP contribution in [-0.2, 0) is 11.2 Å². The van der Waals surface area contributed by atoms with Crippen LogP contribution in [-0.4, -0.2) is 29.0 Å². The van der Waals surface area contributed by atoms with Gasteiger partial charge >= 0.3 is 0 Å². The molecule has 0 unspecified atom stereocenters. The number of carbonyl (C=O) groups excluding carboxylic acids is 3. The Morgan fingerprint density at radius 2 is 1.27 bits per heavy atom. The highest BCUT2D eigenvalue weighted by molar-refractivity contribution is 6.05. The van der Waals surface area contributed by atoms with Gasteiger partial charge in [0.15, 0.2) is 0 Å². The minimum absolute atomic E-state index is 0.219. The van der Waals surface area contributed by atoms with E-state index >= 15 is 0 Å². The zero-order valence-electron chi connectivity index (χ0n) is 16.0. The summed E-state index contributed by atoms with van der Waals surface area (Å²) in [5.74, 6) is -1.50. The SMILES string of the molecule is O=C(Nc1ccccc1)c1ccc(C(=O)N[C@@H](Cc2ccccc2)C(=O)NO)cc1. The molecule has 7 heteroatoms. The Bertz CT molecular complexity index is 1010. The topological polar surface area (TPSA) is 108 Å². The lowest BCUT2D eigenvalue weighted by Crippen LogP contribution is -2.47. The monoisotopic (exact) mass is 403 g/mol. The predicted octanol–water partition coefficient (Wildman–Crippen LogP) is 2.79. The average molecular weight is 403 g/mol. The average Bonchev–Trinajstić information content (AvgIpc) is 2.79. The first kappa shape index (κ1) is 20.8. The first-order valence-electron chi connectivity index (χ1n) is 9.32. The Balaban J connectivity index is 1.66. The second-order valence-corrected chi connectivity index (χ2v) is 6.59. The van der Waals surface area contributed by atoms with Gasteiger partial charge in [0.05, 0.1) is 0 Å². The highest BCUT2D eigenvalue weighted by Crippen LogP contribution is 2.11. The van der Waals surface area contributed by atoms with Crippen molar-refractivity contribution in [2.24, 2.45) is 0 Å². The summed E-state index contributed by atoms with van der Waals surface area (Å²) in [7, 11) is 0. The van der Waals surface area contributed by atoms with Crippen LogP contribution in [0.2, 0.25) is 0 Å². The van der Waals surface area contributed by atoms with Crippen molar-refractivity contribution in [3.63, 3.8) is 0 Å². The fourth-order valence-electron chi connectivity index (χ4n) is 2.88. The van der Waals surface area contributed by atoms with Crippen molar-refractivity contribution in [3.8, 4) is 0 Å². The fraction of sp³-hybridized carbons (Fsp3) is 0.0870. The van der Waals surface area contributed by atoms with Crippen LogP contribution in [0.5, 0.6) is 0 Å². The van der Waals surface area contributed by atoms with Gasteiger partial charge in [-0.05, 0) is 42.0 Å². The molecule has 0 radical (unpaired) electrons. The van der Waals surface area contributed by atoms with E-state index in [1.54, 1.807) is 17.6 Å². The number of hydroxylamine groups is 1. The van der Waals surface area contributed by atoms with Gasteiger partial charge in [-0.15, -0.1) is 0 Å². The lowest BCUT2D eigenvalue weighted by molar-refractivity contribution is -0.131. The third-order valence-corrected chi connectivity index (χ3v) is 4.46. The minimum atomic E-state index is -0.953. The molecule has 3 amide bonds. The van der Waals surface area contributed by atoms with E-state index < -0.39 is 17.9 Å². The van der Waals surface area contributed by atoms with Gasteiger partial charge in [0.1, 0.15) is 6.04 Å². The van der Waals surface area contributed by atoms with Crippen LogP contribution in [0.25, 0.3) is 0 Å². The number of rotatable bonds is 7. The fourth-order valence-corrected chi connectivity index (χ4v) is 2.88. The molecular formula is C23H21N3O4. The number of para-hydroxylation sites is 1. The number of hydrogen-bond donors (Lipinski definition) is 4. The van der Waals surface area contributed by atoms with E-state index in [1.165, 1.54) is 24.3 Å². The molecule has 7 nitrogen and oxygen atoms in total. The van der Waals surface area contributed by atoms with Crippen molar-refractivity contribution in [2.45, 2.75) is 12.5 Å². The number of amides is 3. The molecule has 152 valence electrons. The van der Waals surface area contributed by atoms with E-state index in [4.69, 9.17) is 5.21 Å². The molecule has 0 aliphatic rings. The quantitative estimate of drug-likeness (QED) is 0.359. The number of hydrogen-bond acceptors (Lipinski definition) is 4. The van der Waals surface area contributed by atoms with Crippen LogP contribution in [0.15, 0.2) is 84.9 Å². The summed E-state index contributed by atoms with van der Waals surface area (Å²) in [4.78, 5) is 36.8. The highest BCUT2D eigenvalue weighted by Gasteiger charge is 2.21. The molecule has 0 fully saturated rings. The summed E-state index contributed by atoms with van der Waals surface area (Å²) >= 11 is 0. The van der Waals surface area contributed by atoms with Gasteiger partial charge in [-0.25, -0.2) is 5.48 Å². The molecule has 0 bridgehead atoms. The normalized spacial score (nSPS) is 11.2. The van der Waals surface area contributed by atoms with Crippen molar-refractivity contribution in [2.75, 3.05) is 5.32 Å². The zero-order valence-corrected chi connectivity index (χ0v) is 16.0. The Labute approximate surface area is 173 Å². The lowest BCUT2D eigenvalue weighted by Gasteiger charge is -2.17. The van der Waals surface area contributed by atoms with E-state index in [-0.39, 0.29) is 17.9 Å². The van der Waals surface area contributed by atoms with Crippen LogP contribution in [0.3, 0.4) is 0 Å². The molecule has 0 heterocycles. The molecule has 0 aromatic heterocycles. The van der Waals surface area contributed by atoms with E-state index in [0.29, 0.717) is 11.3 Å². The van der Waals surface area contributed by atoms with Gasteiger partial charge < -0.3 is 10.6 Å². The summed E-state index contributed by atoms with van der Waals surface area (Å²) in [6.45, 7) is 0. The van der Waals surface area contributed by atoms with E-state index in [0.717, 1.165) is 5.56 Å². The first-order valence-corrected chi connectivity index (χ1v) is 9.32. The van der Waals surface area contributed by atoms with E-state index in [1.807, 2.05) is 48.5 Å². The molecule has 30 heavy (non-hydrogen) atoms. The van der Waals surface area contributed by atoms with Crippen LogP contribution in [0.4, 0.5) is 5.69 Å². The molecule has 0 aliphatic carbocycles. The predicted molar refractivity (Wildman–Crippen MR) is 112 cm³/mol. The minimum Gasteiger partial charge on any atom is -0.340 e. The Morgan fingerprint density at radius 3 is 1.83 bits per heavy atom. The van der Waals surface area contributed by atoms with Crippen molar-refractivity contribution < 1.29 is 19.6 Å². The van der Waals surface area contributed by atoms with Crippen molar-refractivity contribution >= 4 is 23.4 Å². The van der Waals surface area contributed by atoms with Crippen LogP contribution in [0.1, 0.15) is 26.3 Å². The van der Waals surface area contributed by atoms with Crippen LogP contribution in [0, 0.1) is 0 Å². The zero-order chi connectivity index (χ0) is 21.3. The summed E-state index contributed by atoms with van der Waals surface area (Å²) < 4.78 is 0. The van der Waals surface area contributed by atoms with Crippen molar-refractivity contribution in [1.29, 1.82) is 0 Å². The largest absolute Gasteiger partial charge is 0.340 e. The number of nitrogens with one attached hydrogen (secondary N) is 3. The number of anilines is 1. The Kier molecular flexibility index (Phi) is 6.91. The maximum Gasteiger partial charge on any atom is 0.266 e. The molecule has 0 aliphatic heterocycles. The van der Waals surface area contributed by atoms with E-state index in [9.17, 15) is 14.4 Å². The molecule has 3 aromatic carbocycles. The molecule has 0 saturated heterocycles.